The minimum Gasteiger partial charge on any atom is -0.396 e. The summed E-state index contributed by atoms with van der Waals surface area (Å²) in [6.07, 6.45) is 6.04. The van der Waals surface area contributed by atoms with E-state index < -0.39 is 0 Å². The minimum atomic E-state index is 0.126. The maximum Gasteiger partial charge on any atom is 0.111 e. The molecule has 0 unspecified atom stereocenters. The number of aromatic nitrogens is 3. The largest absolute Gasteiger partial charge is 0.396 e. The van der Waals surface area contributed by atoms with Gasteiger partial charge in [-0.25, -0.2) is 4.98 Å². The van der Waals surface area contributed by atoms with E-state index in [1.165, 1.54) is 0 Å². The van der Waals surface area contributed by atoms with Crippen molar-refractivity contribution in [1.29, 1.82) is 0 Å². The minimum absolute atomic E-state index is 0.126. The Morgan fingerprint density at radius 1 is 1.33 bits per heavy atom. The number of rotatable bonds is 3. The number of aliphatic hydroxyl groups excluding tert-OH is 1. The molecule has 0 saturated heterocycles. The second-order valence-electron chi connectivity index (χ2n) is 3.36. The first kappa shape index (κ1) is 9.86. The van der Waals surface area contributed by atoms with E-state index in [4.69, 9.17) is 5.11 Å². The Hall–Kier alpha value is -1.68. The Bertz CT molecular complexity index is 436. The topological polar surface area (TPSA) is 50.9 Å². The van der Waals surface area contributed by atoms with Crippen LogP contribution in [0.1, 0.15) is 5.82 Å². The van der Waals surface area contributed by atoms with Crippen LogP contribution >= 0.6 is 0 Å². The van der Waals surface area contributed by atoms with E-state index in [1.807, 2.05) is 29.9 Å². The van der Waals surface area contributed by atoms with Crippen LogP contribution in [0, 0.1) is 0 Å². The van der Waals surface area contributed by atoms with Gasteiger partial charge in [-0.3, -0.25) is 4.98 Å². The van der Waals surface area contributed by atoms with Crippen LogP contribution in [-0.2, 0) is 13.5 Å². The average Bonchev–Trinajstić information content (AvgIpc) is 2.63. The van der Waals surface area contributed by atoms with Crippen molar-refractivity contribution >= 4 is 0 Å². The molecule has 2 aromatic rings. The number of hydrogen-bond acceptors (Lipinski definition) is 3. The normalized spacial score (nSPS) is 10.5. The van der Waals surface area contributed by atoms with Gasteiger partial charge in [-0.2, -0.15) is 0 Å². The lowest BCUT2D eigenvalue weighted by molar-refractivity contribution is 0.295. The summed E-state index contributed by atoms with van der Waals surface area (Å²) in [5, 5.41) is 8.86. The fourth-order valence-electron chi connectivity index (χ4n) is 1.50. The van der Waals surface area contributed by atoms with E-state index in [2.05, 4.69) is 9.97 Å². The Balaban J connectivity index is 2.34. The summed E-state index contributed by atoms with van der Waals surface area (Å²) in [6, 6.07) is 3.84. The number of imidazole rings is 1. The third-order valence-electron chi connectivity index (χ3n) is 2.28. The molecule has 2 rings (SSSR count). The van der Waals surface area contributed by atoms with E-state index in [1.54, 1.807) is 12.4 Å². The summed E-state index contributed by atoms with van der Waals surface area (Å²) in [5.74, 6) is 0.893. The Morgan fingerprint density at radius 2 is 2.07 bits per heavy atom. The molecule has 15 heavy (non-hydrogen) atoms. The second-order valence-corrected chi connectivity index (χ2v) is 3.36. The van der Waals surface area contributed by atoms with Crippen molar-refractivity contribution in [2.45, 2.75) is 6.42 Å². The first-order valence-electron chi connectivity index (χ1n) is 4.85. The highest BCUT2D eigenvalue weighted by Gasteiger charge is 2.05. The number of aliphatic hydroxyl groups is 1. The van der Waals surface area contributed by atoms with Gasteiger partial charge in [0.05, 0.1) is 12.3 Å². The SMILES string of the molecule is Cn1cc(-c2ccncc2)nc1CCO. The van der Waals surface area contributed by atoms with Crippen LogP contribution in [0.3, 0.4) is 0 Å². The predicted octanol–water partition coefficient (Wildman–Crippen LogP) is 1.02. The number of nitrogens with zero attached hydrogens (tertiary/aromatic N) is 3. The third-order valence-corrected chi connectivity index (χ3v) is 2.28. The van der Waals surface area contributed by atoms with Crippen LogP contribution in [0.2, 0.25) is 0 Å². The first-order valence-corrected chi connectivity index (χ1v) is 4.85. The number of pyridine rings is 1. The molecule has 0 radical (unpaired) electrons. The second kappa shape index (κ2) is 4.23. The molecule has 0 saturated carbocycles. The van der Waals surface area contributed by atoms with Crippen LogP contribution in [0.5, 0.6) is 0 Å². The average molecular weight is 203 g/mol. The van der Waals surface area contributed by atoms with E-state index in [-0.39, 0.29) is 6.61 Å². The molecule has 0 amide bonds. The Morgan fingerprint density at radius 3 is 2.73 bits per heavy atom. The van der Waals surface area contributed by atoms with E-state index >= 15 is 0 Å². The number of hydrogen-bond donors (Lipinski definition) is 1. The molecule has 4 nitrogen and oxygen atoms in total. The van der Waals surface area contributed by atoms with Crippen LogP contribution in [0.25, 0.3) is 11.3 Å². The Kier molecular flexibility index (Phi) is 2.78. The molecule has 0 atom stereocenters. The van der Waals surface area contributed by atoms with Crippen LogP contribution in [0.4, 0.5) is 0 Å². The van der Waals surface area contributed by atoms with Crippen LogP contribution in [-0.4, -0.2) is 26.2 Å². The molecule has 0 fully saturated rings. The molecule has 0 aliphatic rings. The zero-order valence-corrected chi connectivity index (χ0v) is 8.59. The zero-order valence-electron chi connectivity index (χ0n) is 8.59. The molecule has 0 bridgehead atoms. The Labute approximate surface area is 88.2 Å². The first-order chi connectivity index (χ1) is 7.31. The van der Waals surface area contributed by atoms with Crippen molar-refractivity contribution in [3.8, 4) is 11.3 Å². The van der Waals surface area contributed by atoms with Crippen LogP contribution in [0.15, 0.2) is 30.7 Å². The molecule has 2 heterocycles. The summed E-state index contributed by atoms with van der Waals surface area (Å²) >= 11 is 0. The van der Waals surface area contributed by atoms with Gasteiger partial charge in [0.1, 0.15) is 5.82 Å². The van der Waals surface area contributed by atoms with Crippen LogP contribution < -0.4 is 0 Å². The van der Waals surface area contributed by atoms with Gasteiger partial charge in [0, 0.05) is 37.6 Å². The fourth-order valence-corrected chi connectivity index (χ4v) is 1.50. The molecule has 0 aliphatic heterocycles. The van der Waals surface area contributed by atoms with Crippen molar-refractivity contribution in [3.05, 3.63) is 36.5 Å². The maximum absolute atomic E-state index is 8.86. The van der Waals surface area contributed by atoms with Crippen molar-refractivity contribution in [1.82, 2.24) is 14.5 Å². The molecular formula is C11H13N3O. The lowest BCUT2D eigenvalue weighted by Crippen LogP contribution is -1.99. The lowest BCUT2D eigenvalue weighted by Gasteiger charge is -1.95. The quantitative estimate of drug-likeness (QED) is 0.810. The molecule has 0 aromatic carbocycles. The smallest absolute Gasteiger partial charge is 0.111 e. The molecule has 4 heteroatoms. The van der Waals surface area contributed by atoms with E-state index in [9.17, 15) is 0 Å². The summed E-state index contributed by atoms with van der Waals surface area (Å²) in [4.78, 5) is 8.41. The summed E-state index contributed by atoms with van der Waals surface area (Å²) in [5.41, 5.74) is 1.97. The van der Waals surface area contributed by atoms with Crippen molar-refractivity contribution in [3.63, 3.8) is 0 Å². The van der Waals surface area contributed by atoms with Crippen molar-refractivity contribution in [2.75, 3.05) is 6.61 Å². The van der Waals surface area contributed by atoms with Crippen molar-refractivity contribution in [2.24, 2.45) is 7.05 Å². The number of aryl methyl sites for hydroxylation is 1. The third kappa shape index (κ3) is 2.05. The lowest BCUT2D eigenvalue weighted by atomic mass is 10.2. The molecule has 0 spiro atoms. The zero-order chi connectivity index (χ0) is 10.7. The van der Waals surface area contributed by atoms with Gasteiger partial charge in [0.25, 0.3) is 0 Å². The molecule has 0 aliphatic carbocycles. The van der Waals surface area contributed by atoms with Gasteiger partial charge < -0.3 is 9.67 Å². The molecule has 1 N–H and O–H groups in total. The maximum atomic E-state index is 8.86. The summed E-state index contributed by atoms with van der Waals surface area (Å²) in [6.45, 7) is 0.126. The molecule has 2 aromatic heterocycles. The highest BCUT2D eigenvalue weighted by Crippen LogP contribution is 2.16. The van der Waals surface area contributed by atoms with Gasteiger partial charge in [0.2, 0.25) is 0 Å². The van der Waals surface area contributed by atoms with Gasteiger partial charge in [0.15, 0.2) is 0 Å². The van der Waals surface area contributed by atoms with Gasteiger partial charge in [-0.15, -0.1) is 0 Å². The van der Waals surface area contributed by atoms with Gasteiger partial charge in [-0.1, -0.05) is 0 Å². The van der Waals surface area contributed by atoms with E-state index in [0.717, 1.165) is 17.1 Å². The van der Waals surface area contributed by atoms with E-state index in [0.29, 0.717) is 6.42 Å². The molecule has 78 valence electrons. The molecular weight excluding hydrogens is 190 g/mol. The summed E-state index contributed by atoms with van der Waals surface area (Å²) < 4.78 is 1.94. The monoisotopic (exact) mass is 203 g/mol. The standard InChI is InChI=1S/C11H13N3O/c1-14-8-10(13-11(14)4-7-15)9-2-5-12-6-3-9/h2-3,5-6,8,15H,4,7H2,1H3. The highest BCUT2D eigenvalue weighted by molar-refractivity contribution is 5.57. The van der Waals surface area contributed by atoms with Crippen molar-refractivity contribution < 1.29 is 5.11 Å². The predicted molar refractivity (Wildman–Crippen MR) is 57.2 cm³/mol. The summed E-state index contributed by atoms with van der Waals surface area (Å²) in [7, 11) is 1.93. The van der Waals surface area contributed by atoms with Gasteiger partial charge >= 0.3 is 0 Å². The fraction of sp³-hybridized carbons (Fsp3) is 0.273. The highest BCUT2D eigenvalue weighted by atomic mass is 16.3. The van der Waals surface area contributed by atoms with Gasteiger partial charge in [-0.05, 0) is 12.1 Å².